The molecule has 0 aromatic carbocycles. The van der Waals surface area contributed by atoms with Crippen LogP contribution >= 0.6 is 23.2 Å². The molecule has 1 aliphatic heterocycles. The number of rotatable bonds is 4. The monoisotopic (exact) mass is 287 g/mol. The van der Waals surface area contributed by atoms with Crippen LogP contribution in [0.5, 0.6) is 0 Å². The Balaban J connectivity index is 2.22. The van der Waals surface area contributed by atoms with Gasteiger partial charge in [-0.3, -0.25) is 4.90 Å². The molecule has 0 saturated carbocycles. The van der Waals surface area contributed by atoms with E-state index in [-0.39, 0.29) is 0 Å². The topological polar surface area (TPSA) is 28.2 Å². The van der Waals surface area contributed by atoms with E-state index in [9.17, 15) is 0 Å². The van der Waals surface area contributed by atoms with E-state index in [0.29, 0.717) is 16.3 Å². The highest BCUT2D eigenvalue weighted by Gasteiger charge is 2.23. The van der Waals surface area contributed by atoms with Crippen LogP contribution in [-0.4, -0.2) is 36.1 Å². The highest BCUT2D eigenvalue weighted by molar-refractivity contribution is 6.32. The molecule has 0 aliphatic carbocycles. The largest absolute Gasteiger partial charge is 0.314 e. The maximum atomic E-state index is 6.24. The average Bonchev–Trinajstić information content (AvgIpc) is 2.38. The number of piperazine rings is 1. The van der Waals surface area contributed by atoms with Gasteiger partial charge in [-0.05, 0) is 12.5 Å². The lowest BCUT2D eigenvalue weighted by Gasteiger charge is -2.35. The highest BCUT2D eigenvalue weighted by atomic mass is 35.5. The van der Waals surface area contributed by atoms with Crippen LogP contribution in [0.1, 0.15) is 31.4 Å². The number of halogens is 2. The molecule has 1 atom stereocenters. The first-order valence-electron chi connectivity index (χ1n) is 6.49. The van der Waals surface area contributed by atoms with Gasteiger partial charge in [0.2, 0.25) is 0 Å². The summed E-state index contributed by atoms with van der Waals surface area (Å²) in [4.78, 5) is 6.64. The van der Waals surface area contributed by atoms with Gasteiger partial charge in [0.25, 0.3) is 0 Å². The smallest absolute Gasteiger partial charge is 0.135 e. The van der Waals surface area contributed by atoms with Crippen molar-refractivity contribution in [2.45, 2.75) is 25.8 Å². The van der Waals surface area contributed by atoms with Crippen molar-refractivity contribution in [1.82, 2.24) is 15.2 Å². The Labute approximate surface area is 118 Å². The fourth-order valence-electron chi connectivity index (χ4n) is 2.47. The quantitative estimate of drug-likeness (QED) is 0.863. The predicted octanol–water partition coefficient (Wildman–Crippen LogP) is 3.13. The number of nitrogens with one attached hydrogen (secondary N) is 1. The van der Waals surface area contributed by atoms with Gasteiger partial charge in [-0.1, -0.05) is 42.6 Å². The van der Waals surface area contributed by atoms with Gasteiger partial charge in [-0.2, -0.15) is 0 Å². The normalized spacial score (nSPS) is 18.8. The van der Waals surface area contributed by atoms with Crippen LogP contribution in [-0.2, 0) is 0 Å². The van der Waals surface area contributed by atoms with Crippen molar-refractivity contribution in [2.24, 2.45) is 0 Å². The fraction of sp³-hybridized carbons (Fsp3) is 0.615. The summed E-state index contributed by atoms with van der Waals surface area (Å²) >= 11 is 12.1. The van der Waals surface area contributed by atoms with Gasteiger partial charge in [-0.25, -0.2) is 4.98 Å². The first-order valence-corrected chi connectivity index (χ1v) is 7.24. The van der Waals surface area contributed by atoms with Crippen molar-refractivity contribution in [1.29, 1.82) is 0 Å². The number of hydrogen-bond acceptors (Lipinski definition) is 3. The van der Waals surface area contributed by atoms with E-state index in [1.807, 2.05) is 12.1 Å². The molecule has 0 spiro atoms. The average molecular weight is 288 g/mol. The number of aromatic nitrogens is 1. The molecule has 3 nitrogen and oxygen atoms in total. The van der Waals surface area contributed by atoms with Crippen molar-refractivity contribution < 1.29 is 0 Å². The Bertz CT molecular complexity index is 392. The van der Waals surface area contributed by atoms with Gasteiger partial charge in [0, 0.05) is 37.8 Å². The highest BCUT2D eigenvalue weighted by Crippen LogP contribution is 2.31. The fourth-order valence-corrected chi connectivity index (χ4v) is 2.94. The standard InChI is InChI=1S/C13H19Cl2N3/c1-2-3-11(18-8-6-16-7-9-18)10-4-5-12(14)17-13(10)15/h4-5,11,16H,2-3,6-9H2,1H3/t11-/m1/s1. The minimum absolute atomic E-state index is 0.356. The van der Waals surface area contributed by atoms with Gasteiger partial charge >= 0.3 is 0 Å². The van der Waals surface area contributed by atoms with Crippen LogP contribution in [0.15, 0.2) is 12.1 Å². The van der Waals surface area contributed by atoms with Crippen LogP contribution < -0.4 is 5.32 Å². The molecule has 0 bridgehead atoms. The molecule has 1 aromatic heterocycles. The zero-order valence-corrected chi connectivity index (χ0v) is 12.1. The third kappa shape index (κ3) is 3.35. The third-order valence-electron chi connectivity index (χ3n) is 3.36. The lowest BCUT2D eigenvalue weighted by atomic mass is 10.0. The summed E-state index contributed by atoms with van der Waals surface area (Å²) in [5, 5.41) is 4.37. The van der Waals surface area contributed by atoms with E-state index in [4.69, 9.17) is 23.2 Å². The van der Waals surface area contributed by atoms with Gasteiger partial charge in [0.15, 0.2) is 0 Å². The molecule has 1 fully saturated rings. The molecular weight excluding hydrogens is 269 g/mol. The molecule has 0 unspecified atom stereocenters. The maximum Gasteiger partial charge on any atom is 0.135 e. The van der Waals surface area contributed by atoms with E-state index < -0.39 is 0 Å². The summed E-state index contributed by atoms with van der Waals surface area (Å²) in [6, 6.07) is 4.20. The number of nitrogens with zero attached hydrogens (tertiary/aromatic N) is 2. The first kappa shape index (κ1) is 14.1. The number of hydrogen-bond donors (Lipinski definition) is 1. The molecule has 18 heavy (non-hydrogen) atoms. The van der Waals surface area contributed by atoms with Gasteiger partial charge < -0.3 is 5.32 Å². The van der Waals surface area contributed by atoms with E-state index in [1.54, 1.807) is 0 Å². The summed E-state index contributed by atoms with van der Waals surface area (Å²) in [6.45, 7) is 6.40. The first-order chi connectivity index (χ1) is 8.72. The molecule has 1 aromatic rings. The summed E-state index contributed by atoms with van der Waals surface area (Å²) in [7, 11) is 0. The Morgan fingerprint density at radius 1 is 1.33 bits per heavy atom. The van der Waals surface area contributed by atoms with Gasteiger partial charge in [-0.15, -0.1) is 0 Å². The summed E-state index contributed by atoms with van der Waals surface area (Å²) in [6.07, 6.45) is 2.23. The SMILES string of the molecule is CCC[C@H](c1ccc(Cl)nc1Cl)N1CCNCC1. The number of pyridine rings is 1. The van der Waals surface area contributed by atoms with Crippen molar-refractivity contribution in [3.8, 4) is 0 Å². The van der Waals surface area contributed by atoms with Crippen LogP contribution in [0.3, 0.4) is 0 Å². The zero-order valence-electron chi connectivity index (χ0n) is 10.6. The Morgan fingerprint density at radius 2 is 2.06 bits per heavy atom. The molecular formula is C13H19Cl2N3. The van der Waals surface area contributed by atoms with Crippen LogP contribution in [0.4, 0.5) is 0 Å². The Hall–Kier alpha value is -0.350. The lowest BCUT2D eigenvalue weighted by molar-refractivity contribution is 0.164. The Kier molecular flexibility index (Phi) is 5.25. The minimum Gasteiger partial charge on any atom is -0.314 e. The molecule has 0 radical (unpaired) electrons. The van der Waals surface area contributed by atoms with E-state index in [0.717, 1.165) is 44.6 Å². The summed E-state index contributed by atoms with van der Waals surface area (Å²) in [5.41, 5.74) is 1.10. The van der Waals surface area contributed by atoms with E-state index >= 15 is 0 Å². The molecule has 1 aliphatic rings. The molecule has 100 valence electrons. The van der Waals surface area contributed by atoms with E-state index in [2.05, 4.69) is 22.1 Å². The predicted molar refractivity (Wildman–Crippen MR) is 76.3 cm³/mol. The molecule has 5 heteroatoms. The second-order valence-corrected chi connectivity index (χ2v) is 5.35. The lowest BCUT2D eigenvalue weighted by Crippen LogP contribution is -2.45. The zero-order chi connectivity index (χ0) is 13.0. The summed E-state index contributed by atoms with van der Waals surface area (Å²) in [5.74, 6) is 0. The van der Waals surface area contributed by atoms with Crippen molar-refractivity contribution in [2.75, 3.05) is 26.2 Å². The molecule has 1 N–H and O–H groups in total. The minimum atomic E-state index is 0.356. The molecule has 2 rings (SSSR count). The van der Waals surface area contributed by atoms with E-state index in [1.165, 1.54) is 0 Å². The molecule has 2 heterocycles. The Morgan fingerprint density at radius 3 is 2.67 bits per heavy atom. The molecule has 0 amide bonds. The molecule has 1 saturated heterocycles. The van der Waals surface area contributed by atoms with Crippen LogP contribution in [0.25, 0.3) is 0 Å². The maximum absolute atomic E-state index is 6.24. The summed E-state index contributed by atoms with van der Waals surface area (Å²) < 4.78 is 0. The van der Waals surface area contributed by atoms with Crippen molar-refractivity contribution in [3.05, 3.63) is 28.0 Å². The van der Waals surface area contributed by atoms with Gasteiger partial charge in [0.1, 0.15) is 10.3 Å². The second-order valence-electron chi connectivity index (χ2n) is 4.60. The van der Waals surface area contributed by atoms with Crippen molar-refractivity contribution in [3.63, 3.8) is 0 Å². The van der Waals surface area contributed by atoms with Crippen LogP contribution in [0, 0.1) is 0 Å². The van der Waals surface area contributed by atoms with Gasteiger partial charge in [0.05, 0.1) is 0 Å². The third-order valence-corrected chi connectivity index (χ3v) is 3.87. The van der Waals surface area contributed by atoms with Crippen LogP contribution in [0.2, 0.25) is 10.3 Å². The van der Waals surface area contributed by atoms with Crippen molar-refractivity contribution >= 4 is 23.2 Å². The second kappa shape index (κ2) is 6.71.